The number of amides is 2. The molecular formula is C26H23ClN2O4. The van der Waals surface area contributed by atoms with E-state index in [1.54, 1.807) is 43.5 Å². The van der Waals surface area contributed by atoms with Crippen LogP contribution >= 0.6 is 11.6 Å². The van der Waals surface area contributed by atoms with Gasteiger partial charge in [0.15, 0.2) is 0 Å². The molecule has 1 heterocycles. The van der Waals surface area contributed by atoms with E-state index in [1.165, 1.54) is 4.90 Å². The van der Waals surface area contributed by atoms with Crippen LogP contribution < -0.4 is 14.8 Å². The van der Waals surface area contributed by atoms with E-state index in [0.29, 0.717) is 27.6 Å². The van der Waals surface area contributed by atoms with Gasteiger partial charge >= 0.3 is 0 Å². The predicted octanol–water partition coefficient (Wildman–Crippen LogP) is 4.93. The van der Waals surface area contributed by atoms with Gasteiger partial charge in [0.05, 0.1) is 19.2 Å². The van der Waals surface area contributed by atoms with Gasteiger partial charge in [0.25, 0.3) is 11.8 Å². The van der Waals surface area contributed by atoms with Crippen molar-refractivity contribution in [1.29, 1.82) is 0 Å². The van der Waals surface area contributed by atoms with Crippen molar-refractivity contribution in [2.24, 2.45) is 0 Å². The van der Waals surface area contributed by atoms with Gasteiger partial charge in [0.1, 0.15) is 23.8 Å². The van der Waals surface area contributed by atoms with Gasteiger partial charge in [-0.15, -0.1) is 0 Å². The van der Waals surface area contributed by atoms with E-state index in [-0.39, 0.29) is 24.8 Å². The van der Waals surface area contributed by atoms with Crippen molar-refractivity contribution in [2.45, 2.75) is 6.92 Å². The number of ether oxygens (including phenoxy) is 2. The Hall–Kier alpha value is -3.77. The maximum atomic E-state index is 13.3. The van der Waals surface area contributed by atoms with E-state index in [0.717, 1.165) is 11.3 Å². The summed E-state index contributed by atoms with van der Waals surface area (Å²) >= 11 is 6.25. The Morgan fingerprint density at radius 2 is 1.58 bits per heavy atom. The second-order valence-corrected chi connectivity index (χ2v) is 7.85. The number of benzene rings is 3. The van der Waals surface area contributed by atoms with E-state index in [1.807, 2.05) is 43.3 Å². The first-order valence-electron chi connectivity index (χ1n) is 10.4. The number of hydrogen-bond acceptors (Lipinski definition) is 5. The summed E-state index contributed by atoms with van der Waals surface area (Å²) in [7, 11) is 1.59. The highest BCUT2D eigenvalue weighted by atomic mass is 35.5. The molecule has 3 aromatic rings. The zero-order valence-electron chi connectivity index (χ0n) is 18.3. The van der Waals surface area contributed by atoms with E-state index < -0.39 is 5.91 Å². The Morgan fingerprint density at radius 3 is 2.27 bits per heavy atom. The molecule has 1 N–H and O–H groups in total. The second-order valence-electron chi connectivity index (χ2n) is 7.44. The van der Waals surface area contributed by atoms with Crippen molar-refractivity contribution in [3.05, 3.63) is 94.6 Å². The SMILES string of the molecule is COc1ccc(OCCN2C(=O)C(Nc3cccc(Cl)c3C)=C(c3ccccc3)C2=O)cc1. The number of nitrogens with zero attached hydrogens (tertiary/aromatic N) is 1. The third-order valence-electron chi connectivity index (χ3n) is 5.40. The van der Waals surface area contributed by atoms with Crippen LogP contribution in [0.5, 0.6) is 11.5 Å². The van der Waals surface area contributed by atoms with Gasteiger partial charge in [-0.2, -0.15) is 0 Å². The lowest BCUT2D eigenvalue weighted by atomic mass is 10.0. The minimum absolute atomic E-state index is 0.111. The molecule has 0 aromatic heterocycles. The van der Waals surface area contributed by atoms with Gasteiger partial charge in [0, 0.05) is 10.7 Å². The second kappa shape index (κ2) is 9.79. The summed E-state index contributed by atoms with van der Waals surface area (Å²) in [4.78, 5) is 27.8. The summed E-state index contributed by atoms with van der Waals surface area (Å²) in [6, 6.07) is 21.7. The van der Waals surface area contributed by atoms with Crippen molar-refractivity contribution < 1.29 is 19.1 Å². The third kappa shape index (κ3) is 4.71. The third-order valence-corrected chi connectivity index (χ3v) is 5.81. The average molecular weight is 463 g/mol. The molecule has 0 aliphatic carbocycles. The molecule has 0 radical (unpaired) electrons. The van der Waals surface area contributed by atoms with Crippen LogP contribution in [0, 0.1) is 6.92 Å². The number of methoxy groups -OCH3 is 1. The normalized spacial score (nSPS) is 13.5. The monoisotopic (exact) mass is 462 g/mol. The highest BCUT2D eigenvalue weighted by Gasteiger charge is 2.39. The Balaban J connectivity index is 1.57. The van der Waals surface area contributed by atoms with Gasteiger partial charge in [-0.3, -0.25) is 14.5 Å². The van der Waals surface area contributed by atoms with Crippen molar-refractivity contribution in [1.82, 2.24) is 4.90 Å². The van der Waals surface area contributed by atoms with E-state index in [9.17, 15) is 9.59 Å². The van der Waals surface area contributed by atoms with Crippen LogP contribution in [0.4, 0.5) is 5.69 Å². The fraction of sp³-hybridized carbons (Fsp3) is 0.154. The topological polar surface area (TPSA) is 67.9 Å². The van der Waals surface area contributed by atoms with Crippen LogP contribution in [-0.4, -0.2) is 37.0 Å². The maximum absolute atomic E-state index is 13.3. The minimum atomic E-state index is -0.406. The first-order chi connectivity index (χ1) is 16.0. The summed E-state index contributed by atoms with van der Waals surface area (Å²) < 4.78 is 10.9. The molecule has 0 bridgehead atoms. The Labute approximate surface area is 197 Å². The van der Waals surface area contributed by atoms with Crippen LogP contribution in [0.1, 0.15) is 11.1 Å². The summed E-state index contributed by atoms with van der Waals surface area (Å²) in [5.74, 6) is 0.568. The molecule has 33 heavy (non-hydrogen) atoms. The molecule has 3 aromatic carbocycles. The summed E-state index contributed by atoms with van der Waals surface area (Å²) in [6.45, 7) is 2.13. The van der Waals surface area contributed by atoms with E-state index in [4.69, 9.17) is 21.1 Å². The van der Waals surface area contributed by atoms with E-state index >= 15 is 0 Å². The molecular weight excluding hydrogens is 440 g/mol. The number of anilines is 1. The first kappa shape index (κ1) is 22.4. The lowest BCUT2D eigenvalue weighted by Crippen LogP contribution is -2.36. The summed E-state index contributed by atoms with van der Waals surface area (Å²) in [6.07, 6.45) is 0. The molecule has 2 amide bonds. The zero-order valence-corrected chi connectivity index (χ0v) is 19.1. The Morgan fingerprint density at radius 1 is 0.879 bits per heavy atom. The molecule has 6 nitrogen and oxygen atoms in total. The first-order valence-corrected chi connectivity index (χ1v) is 10.8. The zero-order chi connectivity index (χ0) is 23.4. The van der Waals surface area contributed by atoms with Gasteiger partial charge in [-0.05, 0) is 54.4 Å². The number of carbonyl (C=O) groups excluding carboxylic acids is 2. The summed E-state index contributed by atoms with van der Waals surface area (Å²) in [5, 5.41) is 3.73. The smallest absolute Gasteiger partial charge is 0.278 e. The molecule has 168 valence electrons. The average Bonchev–Trinajstić information content (AvgIpc) is 3.07. The fourth-order valence-electron chi connectivity index (χ4n) is 3.57. The number of carbonyl (C=O) groups is 2. The molecule has 0 atom stereocenters. The van der Waals surface area contributed by atoms with Crippen molar-refractivity contribution in [2.75, 3.05) is 25.6 Å². The molecule has 1 aliphatic rings. The largest absolute Gasteiger partial charge is 0.497 e. The van der Waals surface area contributed by atoms with E-state index in [2.05, 4.69) is 5.32 Å². The molecule has 0 saturated heterocycles. The number of halogens is 1. The van der Waals surface area contributed by atoms with Crippen LogP contribution in [0.2, 0.25) is 5.02 Å². The number of imide groups is 1. The molecule has 1 aliphatic heterocycles. The standard InChI is InChI=1S/C26H23ClN2O4/c1-17-21(27)9-6-10-22(17)28-24-23(18-7-4-3-5-8-18)25(30)29(26(24)31)15-16-33-20-13-11-19(32-2)12-14-20/h3-14,28H,15-16H2,1-2H3. The molecule has 0 spiro atoms. The van der Waals surface area contributed by atoms with Crippen LogP contribution in [-0.2, 0) is 9.59 Å². The fourth-order valence-corrected chi connectivity index (χ4v) is 3.75. The quantitative estimate of drug-likeness (QED) is 0.481. The van der Waals surface area contributed by atoms with Gasteiger partial charge < -0.3 is 14.8 Å². The van der Waals surface area contributed by atoms with Gasteiger partial charge in [0.2, 0.25) is 0 Å². The number of nitrogens with one attached hydrogen (secondary N) is 1. The molecule has 0 unspecified atom stereocenters. The lowest BCUT2D eigenvalue weighted by molar-refractivity contribution is -0.137. The Kier molecular flexibility index (Phi) is 6.66. The van der Waals surface area contributed by atoms with Crippen molar-refractivity contribution >= 4 is 34.7 Å². The van der Waals surface area contributed by atoms with Crippen LogP contribution in [0.25, 0.3) is 5.57 Å². The molecule has 4 rings (SSSR count). The van der Waals surface area contributed by atoms with Crippen LogP contribution in [0.15, 0.2) is 78.5 Å². The minimum Gasteiger partial charge on any atom is -0.497 e. The summed E-state index contributed by atoms with van der Waals surface area (Å²) in [5.41, 5.74) is 2.67. The molecule has 0 fully saturated rings. The lowest BCUT2D eigenvalue weighted by Gasteiger charge is -2.16. The van der Waals surface area contributed by atoms with Gasteiger partial charge in [-0.1, -0.05) is 48.0 Å². The molecule has 0 saturated carbocycles. The number of rotatable bonds is 8. The van der Waals surface area contributed by atoms with Crippen molar-refractivity contribution in [3.63, 3.8) is 0 Å². The van der Waals surface area contributed by atoms with Crippen molar-refractivity contribution in [3.8, 4) is 11.5 Å². The highest BCUT2D eigenvalue weighted by molar-refractivity contribution is 6.36. The predicted molar refractivity (Wildman–Crippen MR) is 128 cm³/mol. The maximum Gasteiger partial charge on any atom is 0.278 e. The number of hydrogen-bond donors (Lipinski definition) is 1. The van der Waals surface area contributed by atoms with Crippen LogP contribution in [0.3, 0.4) is 0 Å². The Bertz CT molecular complexity index is 1210. The van der Waals surface area contributed by atoms with Gasteiger partial charge in [-0.25, -0.2) is 0 Å². The molecule has 7 heteroatoms. The highest BCUT2D eigenvalue weighted by Crippen LogP contribution is 2.32.